The van der Waals surface area contributed by atoms with Crippen molar-refractivity contribution in [3.05, 3.63) is 30.0 Å². The van der Waals surface area contributed by atoms with Crippen LogP contribution < -0.4 is 0 Å². The molecule has 0 atom stereocenters. The Labute approximate surface area is 117 Å². The van der Waals surface area contributed by atoms with Gasteiger partial charge in [-0.3, -0.25) is 14.4 Å². The van der Waals surface area contributed by atoms with Crippen LogP contribution in [0.25, 0.3) is 10.9 Å². The Balaban J connectivity index is 1.73. The van der Waals surface area contributed by atoms with E-state index in [9.17, 15) is 4.79 Å². The van der Waals surface area contributed by atoms with Gasteiger partial charge in [0.1, 0.15) is 0 Å². The van der Waals surface area contributed by atoms with Gasteiger partial charge in [0, 0.05) is 19.0 Å². The van der Waals surface area contributed by atoms with Crippen molar-refractivity contribution < 1.29 is 9.90 Å². The number of rotatable bonds is 3. The van der Waals surface area contributed by atoms with Gasteiger partial charge < -0.3 is 5.11 Å². The molecule has 1 aliphatic heterocycles. The smallest absolute Gasteiger partial charge is 0.306 e. The molecule has 20 heavy (non-hydrogen) atoms. The lowest BCUT2D eigenvalue weighted by Crippen LogP contribution is -2.36. The Morgan fingerprint density at radius 2 is 2.05 bits per heavy atom. The van der Waals surface area contributed by atoms with Crippen molar-refractivity contribution in [2.24, 2.45) is 13.0 Å². The highest BCUT2D eigenvalue weighted by atomic mass is 16.4. The summed E-state index contributed by atoms with van der Waals surface area (Å²) < 4.78 is 1.91. The van der Waals surface area contributed by atoms with Gasteiger partial charge in [-0.2, -0.15) is 5.10 Å². The third-order valence-corrected chi connectivity index (χ3v) is 4.14. The van der Waals surface area contributed by atoms with Gasteiger partial charge in [0.25, 0.3) is 0 Å². The van der Waals surface area contributed by atoms with Crippen molar-refractivity contribution in [1.29, 1.82) is 0 Å². The molecule has 0 amide bonds. The maximum Gasteiger partial charge on any atom is 0.306 e. The number of aliphatic carboxylic acids is 1. The van der Waals surface area contributed by atoms with Crippen LogP contribution in [0.1, 0.15) is 18.5 Å². The third kappa shape index (κ3) is 2.41. The molecule has 0 spiro atoms. The number of carbonyl (C=O) groups is 1. The summed E-state index contributed by atoms with van der Waals surface area (Å²) in [6.45, 7) is 2.47. The second-order valence-electron chi connectivity index (χ2n) is 5.48. The standard InChI is InChI=1S/C15H19N3O2/c1-17-14-5-3-2-4-12(14)13(16-17)10-18-8-6-11(7-9-18)15(19)20/h2-5,11H,6-10H2,1H3,(H,19,20). The zero-order valence-electron chi connectivity index (χ0n) is 11.6. The van der Waals surface area contributed by atoms with Crippen LogP contribution in [-0.2, 0) is 18.4 Å². The predicted octanol–water partition coefficient (Wildman–Crippen LogP) is 1.87. The van der Waals surface area contributed by atoms with E-state index in [1.165, 1.54) is 5.39 Å². The number of para-hydroxylation sites is 1. The summed E-state index contributed by atoms with van der Waals surface area (Å²) in [7, 11) is 1.96. The van der Waals surface area contributed by atoms with Crippen molar-refractivity contribution in [3.8, 4) is 0 Å². The van der Waals surface area contributed by atoms with E-state index in [2.05, 4.69) is 22.1 Å². The largest absolute Gasteiger partial charge is 0.481 e. The van der Waals surface area contributed by atoms with Crippen LogP contribution in [-0.4, -0.2) is 38.8 Å². The van der Waals surface area contributed by atoms with Crippen LogP contribution in [0.5, 0.6) is 0 Å². The number of aryl methyl sites for hydroxylation is 1. The number of carboxylic acids is 1. The lowest BCUT2D eigenvalue weighted by molar-refractivity contribution is -0.143. The Bertz CT molecular complexity index is 627. The molecule has 0 bridgehead atoms. The summed E-state index contributed by atoms with van der Waals surface area (Å²) in [5.41, 5.74) is 2.22. The fraction of sp³-hybridized carbons (Fsp3) is 0.467. The van der Waals surface area contributed by atoms with Crippen LogP contribution in [0.2, 0.25) is 0 Å². The normalized spacial score (nSPS) is 17.6. The molecule has 1 saturated heterocycles. The first-order valence-electron chi connectivity index (χ1n) is 7.01. The van der Waals surface area contributed by atoms with Crippen LogP contribution in [0.4, 0.5) is 0 Å². The minimum absolute atomic E-state index is 0.174. The lowest BCUT2D eigenvalue weighted by Gasteiger charge is -2.29. The molecule has 3 rings (SSSR count). The minimum atomic E-state index is -0.659. The first kappa shape index (κ1) is 13.1. The second kappa shape index (κ2) is 5.25. The Morgan fingerprint density at radius 3 is 2.75 bits per heavy atom. The summed E-state index contributed by atoms with van der Waals surface area (Å²) in [5.74, 6) is -0.834. The van der Waals surface area contributed by atoms with E-state index in [0.29, 0.717) is 0 Å². The fourth-order valence-electron chi connectivity index (χ4n) is 2.96. The van der Waals surface area contributed by atoms with Crippen molar-refractivity contribution >= 4 is 16.9 Å². The fourth-order valence-corrected chi connectivity index (χ4v) is 2.96. The first-order valence-corrected chi connectivity index (χ1v) is 7.01. The summed E-state index contributed by atoms with van der Waals surface area (Å²) in [5, 5.41) is 14.8. The van der Waals surface area contributed by atoms with Gasteiger partial charge in [0.05, 0.1) is 17.1 Å². The van der Waals surface area contributed by atoms with Crippen LogP contribution in [0, 0.1) is 5.92 Å². The summed E-state index contributed by atoms with van der Waals surface area (Å²) in [6, 6.07) is 8.22. The first-order chi connectivity index (χ1) is 9.65. The average Bonchev–Trinajstić information content (AvgIpc) is 2.77. The second-order valence-corrected chi connectivity index (χ2v) is 5.48. The summed E-state index contributed by atoms with van der Waals surface area (Å²) in [6.07, 6.45) is 1.47. The molecule has 1 fully saturated rings. The van der Waals surface area contributed by atoms with Crippen LogP contribution in [0.15, 0.2) is 24.3 Å². The molecule has 5 nitrogen and oxygen atoms in total. The Kier molecular flexibility index (Phi) is 3.44. The van der Waals surface area contributed by atoms with E-state index in [0.717, 1.165) is 43.7 Å². The highest BCUT2D eigenvalue weighted by Gasteiger charge is 2.25. The SMILES string of the molecule is Cn1nc(CN2CCC(C(=O)O)CC2)c2ccccc21. The number of hydrogen-bond acceptors (Lipinski definition) is 3. The molecule has 0 aliphatic carbocycles. The number of likely N-dealkylation sites (tertiary alicyclic amines) is 1. The van der Waals surface area contributed by atoms with Crippen LogP contribution >= 0.6 is 0 Å². The Hall–Kier alpha value is -1.88. The maximum absolute atomic E-state index is 11.0. The van der Waals surface area contributed by atoms with E-state index in [4.69, 9.17) is 5.11 Å². The van der Waals surface area contributed by atoms with E-state index < -0.39 is 5.97 Å². The van der Waals surface area contributed by atoms with Gasteiger partial charge in [0.15, 0.2) is 0 Å². The highest BCUT2D eigenvalue weighted by Crippen LogP contribution is 2.22. The molecular weight excluding hydrogens is 254 g/mol. The summed E-state index contributed by atoms with van der Waals surface area (Å²) in [4.78, 5) is 13.3. The minimum Gasteiger partial charge on any atom is -0.481 e. The molecule has 0 unspecified atom stereocenters. The topological polar surface area (TPSA) is 58.4 Å². The third-order valence-electron chi connectivity index (χ3n) is 4.14. The molecular formula is C15H19N3O2. The molecule has 1 aromatic heterocycles. The predicted molar refractivity (Wildman–Crippen MR) is 76.4 cm³/mol. The molecule has 5 heteroatoms. The number of nitrogens with zero attached hydrogens (tertiary/aromatic N) is 3. The number of benzene rings is 1. The van der Waals surface area contributed by atoms with Gasteiger partial charge in [0.2, 0.25) is 0 Å². The quantitative estimate of drug-likeness (QED) is 0.927. The molecule has 0 radical (unpaired) electrons. The van der Waals surface area contributed by atoms with Crippen molar-refractivity contribution in [1.82, 2.24) is 14.7 Å². The molecule has 1 aromatic carbocycles. The zero-order valence-corrected chi connectivity index (χ0v) is 11.6. The average molecular weight is 273 g/mol. The van der Waals surface area contributed by atoms with Crippen molar-refractivity contribution in [2.75, 3.05) is 13.1 Å². The molecule has 2 aromatic rings. The number of fused-ring (bicyclic) bond motifs is 1. The van der Waals surface area contributed by atoms with Gasteiger partial charge in [-0.15, -0.1) is 0 Å². The zero-order chi connectivity index (χ0) is 14.1. The van der Waals surface area contributed by atoms with Gasteiger partial charge in [-0.1, -0.05) is 18.2 Å². The van der Waals surface area contributed by atoms with Crippen molar-refractivity contribution in [3.63, 3.8) is 0 Å². The number of hydrogen-bond donors (Lipinski definition) is 1. The van der Waals surface area contributed by atoms with Crippen LogP contribution in [0.3, 0.4) is 0 Å². The van der Waals surface area contributed by atoms with E-state index in [1.54, 1.807) is 0 Å². The maximum atomic E-state index is 11.0. The molecule has 106 valence electrons. The van der Waals surface area contributed by atoms with Gasteiger partial charge in [-0.25, -0.2) is 0 Å². The van der Waals surface area contributed by atoms with E-state index in [1.807, 2.05) is 23.9 Å². The number of carboxylic acid groups (broad SMARTS) is 1. The van der Waals surface area contributed by atoms with E-state index >= 15 is 0 Å². The molecule has 0 saturated carbocycles. The van der Waals surface area contributed by atoms with Gasteiger partial charge in [-0.05, 0) is 32.0 Å². The summed E-state index contributed by atoms with van der Waals surface area (Å²) >= 11 is 0. The van der Waals surface area contributed by atoms with Crippen molar-refractivity contribution in [2.45, 2.75) is 19.4 Å². The number of aromatic nitrogens is 2. The molecule has 2 heterocycles. The van der Waals surface area contributed by atoms with Gasteiger partial charge >= 0.3 is 5.97 Å². The lowest BCUT2D eigenvalue weighted by atomic mass is 9.97. The Morgan fingerprint density at radius 1 is 1.35 bits per heavy atom. The molecule has 1 aliphatic rings. The highest BCUT2D eigenvalue weighted by molar-refractivity contribution is 5.81. The van der Waals surface area contributed by atoms with E-state index in [-0.39, 0.29) is 5.92 Å². The molecule has 1 N–H and O–H groups in total. The monoisotopic (exact) mass is 273 g/mol. The number of piperidine rings is 1.